The lowest BCUT2D eigenvalue weighted by Gasteiger charge is -2.19. The molecule has 0 bridgehead atoms. The molecule has 1 aromatic carbocycles. The number of rotatable bonds is 5. The molecule has 100 valence electrons. The fourth-order valence-corrected chi connectivity index (χ4v) is 1.71. The third kappa shape index (κ3) is 3.74. The molecule has 0 aliphatic carbocycles. The molecule has 19 heavy (non-hydrogen) atoms. The Hall–Kier alpha value is -1.98. The van der Waals surface area contributed by atoms with Crippen LogP contribution in [0, 0.1) is 0 Å². The van der Waals surface area contributed by atoms with Crippen LogP contribution in [0.1, 0.15) is 5.56 Å². The molecular formula is C13H12BF3NO-. The van der Waals surface area contributed by atoms with E-state index < -0.39 is 12.4 Å². The number of pyridine rings is 1. The van der Waals surface area contributed by atoms with Crippen LogP contribution in [0.5, 0.6) is 5.75 Å². The molecule has 2 nitrogen and oxygen atoms in total. The number of ether oxygens (including phenoxy) is 1. The molecule has 0 fully saturated rings. The lowest BCUT2D eigenvalue weighted by molar-refractivity contribution is 0.322. The summed E-state index contributed by atoms with van der Waals surface area (Å²) in [7, 11) is 0. The summed E-state index contributed by atoms with van der Waals surface area (Å²) in [6.45, 7) is -4.84. The fourth-order valence-electron chi connectivity index (χ4n) is 1.71. The molecule has 0 radical (unpaired) electrons. The third-order valence-electron chi connectivity index (χ3n) is 2.67. The summed E-state index contributed by atoms with van der Waals surface area (Å²) in [5.41, 5.74) is 0.294. The van der Waals surface area contributed by atoms with E-state index in [-0.39, 0.29) is 12.4 Å². The van der Waals surface area contributed by atoms with E-state index in [9.17, 15) is 12.9 Å². The minimum Gasteiger partial charge on any atom is -0.496 e. The zero-order valence-electron chi connectivity index (χ0n) is 10.1. The van der Waals surface area contributed by atoms with Gasteiger partial charge in [-0.2, -0.15) is 0 Å². The maximum atomic E-state index is 12.8. The number of hydrogen-bond donors (Lipinski definition) is 0. The van der Waals surface area contributed by atoms with Crippen molar-refractivity contribution >= 4 is 12.4 Å². The summed E-state index contributed by atoms with van der Waals surface area (Å²) >= 11 is 0. The molecule has 0 aliphatic rings. The van der Waals surface area contributed by atoms with E-state index in [4.69, 9.17) is 4.74 Å². The van der Waals surface area contributed by atoms with Gasteiger partial charge in [-0.1, -0.05) is 23.7 Å². The summed E-state index contributed by atoms with van der Waals surface area (Å²) in [4.78, 5) is 3.87. The van der Waals surface area contributed by atoms with Crippen LogP contribution in [0.25, 0.3) is 0 Å². The highest BCUT2D eigenvalue weighted by atomic mass is 19.4. The molecule has 2 aromatic rings. The Balaban J connectivity index is 2.00. The van der Waals surface area contributed by atoms with Crippen LogP contribution >= 0.6 is 0 Å². The van der Waals surface area contributed by atoms with Crippen molar-refractivity contribution in [2.75, 3.05) is 6.61 Å². The van der Waals surface area contributed by atoms with E-state index in [1.54, 1.807) is 12.4 Å². The van der Waals surface area contributed by atoms with Crippen molar-refractivity contribution in [3.8, 4) is 5.75 Å². The minimum atomic E-state index is -5.05. The molecule has 0 spiro atoms. The smallest absolute Gasteiger partial charge is 0.496 e. The first-order valence-corrected chi connectivity index (χ1v) is 5.88. The normalized spacial score (nSPS) is 11.3. The van der Waals surface area contributed by atoms with Gasteiger partial charge in [0.1, 0.15) is 0 Å². The molecular weight excluding hydrogens is 254 g/mol. The standard InChI is InChI=1S/C13H12BF3NO/c15-14(16,17)12-3-1-2-4-13(12)19-10-7-11-5-8-18-9-6-11/h1-6,8-9H,7,10H2/q-1. The lowest BCUT2D eigenvalue weighted by Crippen LogP contribution is -2.35. The van der Waals surface area contributed by atoms with Crippen LogP contribution in [-0.2, 0) is 6.42 Å². The van der Waals surface area contributed by atoms with Gasteiger partial charge in [-0.25, -0.2) is 0 Å². The van der Waals surface area contributed by atoms with Crippen molar-refractivity contribution < 1.29 is 17.7 Å². The van der Waals surface area contributed by atoms with Crippen LogP contribution in [0.15, 0.2) is 48.8 Å². The van der Waals surface area contributed by atoms with Crippen LogP contribution < -0.4 is 10.2 Å². The summed E-state index contributed by atoms with van der Waals surface area (Å²) in [6, 6.07) is 8.90. The van der Waals surface area contributed by atoms with Gasteiger partial charge >= 0.3 is 6.98 Å². The van der Waals surface area contributed by atoms with Crippen molar-refractivity contribution in [2.45, 2.75) is 6.42 Å². The number of aromatic nitrogens is 1. The zero-order chi connectivity index (χ0) is 13.7. The lowest BCUT2D eigenvalue weighted by atomic mass is 9.79. The van der Waals surface area contributed by atoms with E-state index in [1.165, 1.54) is 18.2 Å². The van der Waals surface area contributed by atoms with Crippen molar-refractivity contribution in [2.24, 2.45) is 0 Å². The Kier molecular flexibility index (Phi) is 4.09. The third-order valence-corrected chi connectivity index (χ3v) is 2.67. The molecule has 0 atom stereocenters. The first-order valence-electron chi connectivity index (χ1n) is 5.88. The highest BCUT2D eigenvalue weighted by Gasteiger charge is 2.28. The van der Waals surface area contributed by atoms with Crippen molar-refractivity contribution in [1.29, 1.82) is 0 Å². The van der Waals surface area contributed by atoms with Gasteiger partial charge in [0.05, 0.1) is 12.4 Å². The first-order chi connectivity index (χ1) is 9.07. The monoisotopic (exact) mass is 266 g/mol. The topological polar surface area (TPSA) is 22.1 Å². The molecule has 0 saturated heterocycles. The SMILES string of the molecule is F[B-](F)(F)c1ccccc1OCCc1ccncc1. The summed E-state index contributed by atoms with van der Waals surface area (Å²) < 4.78 is 43.6. The maximum Gasteiger partial charge on any atom is 0.513 e. The second-order valence-electron chi connectivity index (χ2n) is 4.07. The van der Waals surface area contributed by atoms with Gasteiger partial charge in [0.25, 0.3) is 0 Å². The van der Waals surface area contributed by atoms with E-state index in [0.717, 1.165) is 11.6 Å². The minimum absolute atomic E-state index is 0.107. The van der Waals surface area contributed by atoms with E-state index in [0.29, 0.717) is 6.42 Å². The van der Waals surface area contributed by atoms with Gasteiger partial charge in [-0.3, -0.25) is 4.98 Å². The Morgan fingerprint density at radius 2 is 1.68 bits per heavy atom. The number of halogens is 3. The first kappa shape index (κ1) is 13.5. The van der Waals surface area contributed by atoms with Crippen LogP contribution in [0.2, 0.25) is 0 Å². The Morgan fingerprint density at radius 1 is 1.00 bits per heavy atom. The van der Waals surface area contributed by atoms with E-state index in [1.807, 2.05) is 12.1 Å². The predicted octanol–water partition coefficient (Wildman–Crippen LogP) is 2.76. The summed E-state index contributed by atoms with van der Waals surface area (Å²) in [5, 5.41) is 0. The Bertz CT molecular complexity index is 531. The number of para-hydroxylation sites is 1. The molecule has 0 saturated carbocycles. The molecule has 1 aromatic heterocycles. The van der Waals surface area contributed by atoms with Gasteiger partial charge in [-0.05, 0) is 23.8 Å². The number of hydrogen-bond acceptors (Lipinski definition) is 2. The highest BCUT2D eigenvalue weighted by molar-refractivity contribution is 6.74. The van der Waals surface area contributed by atoms with Gasteiger partial charge in [0.2, 0.25) is 0 Å². The summed E-state index contributed by atoms with van der Waals surface area (Å²) in [6.07, 6.45) is 3.83. The van der Waals surface area contributed by atoms with Gasteiger partial charge in [0, 0.05) is 18.8 Å². The quantitative estimate of drug-likeness (QED) is 0.776. The summed E-state index contributed by atoms with van der Waals surface area (Å²) in [5.74, 6) is -0.107. The van der Waals surface area contributed by atoms with Crippen LogP contribution in [-0.4, -0.2) is 18.6 Å². The van der Waals surface area contributed by atoms with E-state index >= 15 is 0 Å². The van der Waals surface area contributed by atoms with Crippen molar-refractivity contribution in [3.63, 3.8) is 0 Å². The maximum absolute atomic E-state index is 12.8. The fraction of sp³-hybridized carbons (Fsp3) is 0.154. The average molecular weight is 266 g/mol. The molecule has 6 heteroatoms. The van der Waals surface area contributed by atoms with Gasteiger partial charge < -0.3 is 17.7 Å². The largest absolute Gasteiger partial charge is 0.513 e. The van der Waals surface area contributed by atoms with E-state index in [2.05, 4.69) is 4.98 Å². The van der Waals surface area contributed by atoms with Gasteiger partial charge in [0.15, 0.2) is 0 Å². The molecule has 0 unspecified atom stereocenters. The Labute approximate surface area is 109 Å². The molecule has 0 aliphatic heterocycles. The van der Waals surface area contributed by atoms with Crippen LogP contribution in [0.4, 0.5) is 12.9 Å². The number of benzene rings is 1. The average Bonchev–Trinajstić information content (AvgIpc) is 2.39. The molecule has 1 heterocycles. The second kappa shape index (κ2) is 5.78. The predicted molar refractivity (Wildman–Crippen MR) is 68.6 cm³/mol. The van der Waals surface area contributed by atoms with Crippen LogP contribution in [0.3, 0.4) is 0 Å². The number of nitrogens with zero attached hydrogens (tertiary/aromatic N) is 1. The highest BCUT2D eigenvalue weighted by Crippen LogP contribution is 2.17. The van der Waals surface area contributed by atoms with Crippen molar-refractivity contribution in [3.05, 3.63) is 54.4 Å². The molecule has 0 amide bonds. The Morgan fingerprint density at radius 3 is 2.37 bits per heavy atom. The molecule has 0 N–H and O–H groups in total. The second-order valence-corrected chi connectivity index (χ2v) is 4.07. The van der Waals surface area contributed by atoms with Crippen molar-refractivity contribution in [1.82, 2.24) is 4.98 Å². The zero-order valence-corrected chi connectivity index (χ0v) is 10.1. The van der Waals surface area contributed by atoms with Gasteiger partial charge in [-0.15, -0.1) is 0 Å². The molecule has 2 rings (SSSR count).